The lowest BCUT2D eigenvalue weighted by molar-refractivity contribution is 0.263. The minimum atomic E-state index is 0.133. The van der Waals surface area contributed by atoms with E-state index < -0.39 is 0 Å². The van der Waals surface area contributed by atoms with Crippen molar-refractivity contribution in [3.8, 4) is 22.1 Å². The van der Waals surface area contributed by atoms with E-state index in [2.05, 4.69) is 4.98 Å². The number of rotatable bonds is 4. The van der Waals surface area contributed by atoms with E-state index in [0.717, 1.165) is 27.6 Å². The molecule has 1 unspecified atom stereocenters. The molecule has 2 aromatic carbocycles. The van der Waals surface area contributed by atoms with Crippen LogP contribution in [-0.4, -0.2) is 29.4 Å². The number of aromatic nitrogens is 1. The lowest BCUT2D eigenvalue weighted by Crippen LogP contribution is -2.03. The van der Waals surface area contributed by atoms with Crippen molar-refractivity contribution in [2.75, 3.05) is 13.2 Å². The Morgan fingerprint density at radius 3 is 2.95 bits per heavy atom. The molecule has 1 aliphatic heterocycles. The van der Waals surface area contributed by atoms with Crippen molar-refractivity contribution in [1.29, 1.82) is 0 Å². The summed E-state index contributed by atoms with van der Waals surface area (Å²) in [5.41, 5.74) is 1.56. The Morgan fingerprint density at radius 1 is 1.32 bits per heavy atom. The molecule has 0 spiro atoms. The second kappa shape index (κ2) is 5.43. The Bertz CT molecular complexity index is 845. The van der Waals surface area contributed by atoms with Gasteiger partial charge in [-0.15, -0.1) is 11.3 Å². The van der Waals surface area contributed by atoms with Crippen LogP contribution < -0.4 is 4.74 Å². The molecule has 112 valence electrons. The summed E-state index contributed by atoms with van der Waals surface area (Å²) in [6.45, 7) is 1.36. The number of thiazole rings is 1. The second-order valence-corrected chi connectivity index (χ2v) is 6.54. The molecule has 1 atom stereocenters. The smallest absolute Gasteiger partial charge is 0.128 e. The number of benzene rings is 2. The summed E-state index contributed by atoms with van der Waals surface area (Å²) in [4.78, 5) is 4.56. The van der Waals surface area contributed by atoms with E-state index in [1.165, 1.54) is 17.4 Å². The highest BCUT2D eigenvalue weighted by atomic mass is 35.5. The molecule has 0 saturated carbocycles. The predicted molar refractivity (Wildman–Crippen MR) is 87.0 cm³/mol. The Morgan fingerprint density at radius 2 is 2.18 bits per heavy atom. The molecule has 1 aliphatic rings. The fraction of sp³-hybridized carbons (Fsp3) is 0.188. The van der Waals surface area contributed by atoms with Crippen LogP contribution in [0, 0.1) is 0 Å². The van der Waals surface area contributed by atoms with E-state index in [4.69, 9.17) is 21.1 Å². The predicted octanol–water partition coefficient (Wildman–Crippen LogP) is 4.10. The molecule has 6 heteroatoms. The third kappa shape index (κ3) is 2.75. The van der Waals surface area contributed by atoms with Gasteiger partial charge >= 0.3 is 0 Å². The van der Waals surface area contributed by atoms with Gasteiger partial charge in [-0.1, -0.05) is 11.6 Å². The van der Waals surface area contributed by atoms with Gasteiger partial charge in [-0.3, -0.25) is 0 Å². The molecule has 0 aliphatic carbocycles. The molecule has 0 radical (unpaired) electrons. The van der Waals surface area contributed by atoms with Crippen LogP contribution in [0.3, 0.4) is 0 Å². The summed E-state index contributed by atoms with van der Waals surface area (Å²) in [6, 6.07) is 10.8. The highest BCUT2D eigenvalue weighted by Crippen LogP contribution is 2.37. The van der Waals surface area contributed by atoms with Crippen LogP contribution in [0.15, 0.2) is 36.4 Å². The molecule has 1 saturated heterocycles. The number of hydrogen-bond donors (Lipinski definition) is 1. The third-order valence-electron chi connectivity index (χ3n) is 3.39. The standard InChI is InChI=1S/C16H12ClNO3S/c17-9-1-3-12(14(19)5-9)16-18-13-4-2-10(6-15(13)22-16)20-7-11-8-21-11/h1-6,11,19H,7-8H2. The molecule has 1 N–H and O–H groups in total. The zero-order valence-electron chi connectivity index (χ0n) is 11.5. The maximum Gasteiger partial charge on any atom is 0.128 e. The Kier molecular flexibility index (Phi) is 3.41. The quantitative estimate of drug-likeness (QED) is 0.730. The van der Waals surface area contributed by atoms with E-state index in [1.807, 2.05) is 18.2 Å². The van der Waals surface area contributed by atoms with Gasteiger partial charge in [0, 0.05) is 5.02 Å². The molecule has 0 bridgehead atoms. The lowest BCUT2D eigenvalue weighted by Gasteiger charge is -2.02. The monoisotopic (exact) mass is 333 g/mol. The van der Waals surface area contributed by atoms with E-state index in [9.17, 15) is 5.11 Å². The van der Waals surface area contributed by atoms with Crippen molar-refractivity contribution in [3.63, 3.8) is 0 Å². The van der Waals surface area contributed by atoms with Gasteiger partial charge in [-0.2, -0.15) is 0 Å². The highest BCUT2D eigenvalue weighted by Gasteiger charge is 2.23. The molecular formula is C16H12ClNO3S. The summed E-state index contributed by atoms with van der Waals surface area (Å²) in [7, 11) is 0. The van der Waals surface area contributed by atoms with E-state index in [0.29, 0.717) is 17.2 Å². The number of ether oxygens (including phenoxy) is 2. The number of hydrogen-bond acceptors (Lipinski definition) is 5. The Labute approximate surface area is 135 Å². The van der Waals surface area contributed by atoms with Gasteiger partial charge in [0.2, 0.25) is 0 Å². The number of halogens is 1. The van der Waals surface area contributed by atoms with Gasteiger partial charge in [0.25, 0.3) is 0 Å². The van der Waals surface area contributed by atoms with Crippen molar-refractivity contribution in [2.45, 2.75) is 6.10 Å². The van der Waals surface area contributed by atoms with Gasteiger partial charge in [0.1, 0.15) is 29.2 Å². The van der Waals surface area contributed by atoms with Crippen molar-refractivity contribution >= 4 is 33.2 Å². The maximum absolute atomic E-state index is 10.0. The first-order chi connectivity index (χ1) is 10.7. The van der Waals surface area contributed by atoms with Crippen molar-refractivity contribution < 1.29 is 14.6 Å². The third-order valence-corrected chi connectivity index (χ3v) is 4.67. The summed E-state index contributed by atoms with van der Waals surface area (Å²) < 4.78 is 11.8. The van der Waals surface area contributed by atoms with Crippen molar-refractivity contribution in [2.24, 2.45) is 0 Å². The molecule has 3 aromatic rings. The minimum absolute atomic E-state index is 0.133. The summed E-state index contributed by atoms with van der Waals surface area (Å²) in [6.07, 6.45) is 0.235. The molecule has 2 heterocycles. The van der Waals surface area contributed by atoms with Crippen LogP contribution >= 0.6 is 22.9 Å². The average molecular weight is 334 g/mol. The Balaban J connectivity index is 1.67. The molecule has 22 heavy (non-hydrogen) atoms. The topological polar surface area (TPSA) is 54.9 Å². The zero-order valence-corrected chi connectivity index (χ0v) is 13.0. The summed E-state index contributed by atoms with van der Waals surface area (Å²) in [5, 5.41) is 11.3. The number of phenolic OH excluding ortho intramolecular Hbond substituents is 1. The highest BCUT2D eigenvalue weighted by molar-refractivity contribution is 7.21. The fourth-order valence-corrected chi connectivity index (χ4v) is 3.34. The van der Waals surface area contributed by atoms with Crippen LogP contribution in [-0.2, 0) is 4.74 Å². The van der Waals surface area contributed by atoms with Gasteiger partial charge in [0.05, 0.1) is 22.4 Å². The average Bonchev–Trinajstić information content (AvgIpc) is 3.23. The fourth-order valence-electron chi connectivity index (χ4n) is 2.15. The number of aromatic hydroxyl groups is 1. The normalized spacial score (nSPS) is 16.9. The van der Waals surface area contributed by atoms with E-state index in [-0.39, 0.29) is 11.9 Å². The molecule has 0 amide bonds. The Hall–Kier alpha value is -1.82. The largest absolute Gasteiger partial charge is 0.507 e. The lowest BCUT2D eigenvalue weighted by atomic mass is 10.2. The van der Waals surface area contributed by atoms with Crippen molar-refractivity contribution in [1.82, 2.24) is 4.98 Å². The van der Waals surface area contributed by atoms with Gasteiger partial charge in [-0.25, -0.2) is 4.98 Å². The van der Waals surface area contributed by atoms with Crippen LogP contribution in [0.5, 0.6) is 11.5 Å². The molecular weight excluding hydrogens is 322 g/mol. The summed E-state index contributed by atoms with van der Waals surface area (Å²) in [5.74, 6) is 0.937. The van der Waals surface area contributed by atoms with Crippen LogP contribution in [0.25, 0.3) is 20.8 Å². The van der Waals surface area contributed by atoms with Gasteiger partial charge in [0.15, 0.2) is 0 Å². The van der Waals surface area contributed by atoms with Crippen LogP contribution in [0.4, 0.5) is 0 Å². The number of fused-ring (bicyclic) bond motifs is 1. The van der Waals surface area contributed by atoms with Crippen LogP contribution in [0.2, 0.25) is 5.02 Å². The second-order valence-electron chi connectivity index (χ2n) is 5.08. The number of epoxide rings is 1. The maximum atomic E-state index is 10.0. The number of nitrogens with zero attached hydrogens (tertiary/aromatic N) is 1. The first-order valence-electron chi connectivity index (χ1n) is 6.83. The first-order valence-corrected chi connectivity index (χ1v) is 8.02. The van der Waals surface area contributed by atoms with Gasteiger partial charge in [-0.05, 0) is 36.4 Å². The minimum Gasteiger partial charge on any atom is -0.507 e. The van der Waals surface area contributed by atoms with E-state index in [1.54, 1.807) is 12.1 Å². The number of phenols is 1. The SMILES string of the molecule is Oc1cc(Cl)ccc1-c1nc2ccc(OCC3CO3)cc2s1. The molecule has 1 aromatic heterocycles. The zero-order chi connectivity index (χ0) is 15.1. The van der Waals surface area contributed by atoms with Crippen molar-refractivity contribution in [3.05, 3.63) is 41.4 Å². The van der Waals surface area contributed by atoms with Gasteiger partial charge < -0.3 is 14.6 Å². The van der Waals surface area contributed by atoms with Crippen LogP contribution in [0.1, 0.15) is 0 Å². The van der Waals surface area contributed by atoms with E-state index >= 15 is 0 Å². The summed E-state index contributed by atoms with van der Waals surface area (Å²) >= 11 is 7.37. The molecule has 4 rings (SSSR count). The first kappa shape index (κ1) is 13.8. The molecule has 1 fully saturated rings. The molecule has 4 nitrogen and oxygen atoms in total.